The molecule has 0 atom stereocenters. The summed E-state index contributed by atoms with van der Waals surface area (Å²) in [5.41, 5.74) is 2.13. The molecule has 3 amide bonds. The number of nitrogens with one attached hydrogen (secondary N) is 2. The van der Waals surface area contributed by atoms with E-state index in [0.717, 1.165) is 17.7 Å². The summed E-state index contributed by atoms with van der Waals surface area (Å²) >= 11 is 0. The second-order valence-electron chi connectivity index (χ2n) is 6.66. The lowest BCUT2D eigenvalue weighted by Crippen LogP contribution is -2.40. The highest BCUT2D eigenvalue weighted by atomic mass is 19.1. The smallest absolute Gasteiger partial charge is 0.319 e. The predicted molar refractivity (Wildman–Crippen MR) is 113 cm³/mol. The van der Waals surface area contributed by atoms with Gasteiger partial charge in [0.15, 0.2) is 0 Å². The van der Waals surface area contributed by atoms with E-state index in [-0.39, 0.29) is 24.7 Å². The van der Waals surface area contributed by atoms with Crippen LogP contribution in [-0.2, 0) is 0 Å². The van der Waals surface area contributed by atoms with Crippen molar-refractivity contribution in [2.75, 3.05) is 23.3 Å². The third-order valence-electron chi connectivity index (χ3n) is 4.41. The van der Waals surface area contributed by atoms with Crippen molar-refractivity contribution >= 4 is 23.3 Å². The van der Waals surface area contributed by atoms with Crippen molar-refractivity contribution in [1.82, 2.24) is 5.32 Å². The molecule has 0 aliphatic carbocycles. The largest absolute Gasteiger partial charge is 0.336 e. The second kappa shape index (κ2) is 9.65. The molecule has 0 saturated carbocycles. The van der Waals surface area contributed by atoms with Crippen LogP contribution in [0.15, 0.2) is 72.8 Å². The molecule has 5 nitrogen and oxygen atoms in total. The maximum Gasteiger partial charge on any atom is 0.319 e. The number of para-hydroxylation sites is 1. The van der Waals surface area contributed by atoms with Crippen molar-refractivity contribution in [2.45, 2.75) is 6.92 Å². The van der Waals surface area contributed by atoms with Gasteiger partial charge < -0.3 is 15.5 Å². The van der Waals surface area contributed by atoms with Crippen molar-refractivity contribution in [3.63, 3.8) is 0 Å². The Morgan fingerprint density at radius 2 is 1.63 bits per heavy atom. The lowest BCUT2D eigenvalue weighted by atomic mass is 10.1. The molecule has 0 spiro atoms. The molecule has 0 aromatic heterocycles. The number of carbonyl (C=O) groups excluding carboxylic acids is 2. The predicted octanol–water partition coefficient (Wildman–Crippen LogP) is 4.74. The number of urea groups is 1. The number of benzene rings is 3. The zero-order valence-corrected chi connectivity index (χ0v) is 16.4. The van der Waals surface area contributed by atoms with E-state index in [0.29, 0.717) is 17.3 Å². The molecule has 0 fully saturated rings. The lowest BCUT2D eigenvalue weighted by molar-refractivity contribution is 0.0987. The first-order valence-electron chi connectivity index (χ1n) is 9.37. The third-order valence-corrected chi connectivity index (χ3v) is 4.41. The summed E-state index contributed by atoms with van der Waals surface area (Å²) in [7, 11) is 0. The molecule has 0 aliphatic rings. The van der Waals surface area contributed by atoms with Gasteiger partial charge in [0.25, 0.3) is 5.91 Å². The highest BCUT2D eigenvalue weighted by molar-refractivity contribution is 6.06. The van der Waals surface area contributed by atoms with Gasteiger partial charge >= 0.3 is 6.03 Å². The topological polar surface area (TPSA) is 61.4 Å². The van der Waals surface area contributed by atoms with Crippen LogP contribution in [0.1, 0.15) is 15.9 Å². The summed E-state index contributed by atoms with van der Waals surface area (Å²) < 4.78 is 26.6. The van der Waals surface area contributed by atoms with E-state index in [1.54, 1.807) is 29.2 Å². The van der Waals surface area contributed by atoms with Crippen LogP contribution in [0.4, 0.5) is 25.0 Å². The van der Waals surface area contributed by atoms with Gasteiger partial charge in [-0.25, -0.2) is 13.6 Å². The minimum Gasteiger partial charge on any atom is -0.336 e. The van der Waals surface area contributed by atoms with Crippen molar-refractivity contribution in [1.29, 1.82) is 0 Å². The molecule has 7 heteroatoms. The van der Waals surface area contributed by atoms with Crippen LogP contribution in [0.25, 0.3) is 0 Å². The van der Waals surface area contributed by atoms with Crippen molar-refractivity contribution in [3.05, 3.63) is 95.6 Å². The molecular weight excluding hydrogens is 388 g/mol. The van der Waals surface area contributed by atoms with Crippen LogP contribution in [0.3, 0.4) is 0 Å². The Hall–Kier alpha value is -3.74. The molecular formula is C23H21F2N3O2. The van der Waals surface area contributed by atoms with E-state index in [4.69, 9.17) is 0 Å². The summed E-state index contributed by atoms with van der Waals surface area (Å²) in [6, 6.07) is 18.6. The Balaban J connectivity index is 1.65. The van der Waals surface area contributed by atoms with Gasteiger partial charge in [0, 0.05) is 30.4 Å². The van der Waals surface area contributed by atoms with Gasteiger partial charge in [-0.2, -0.15) is 0 Å². The zero-order valence-electron chi connectivity index (χ0n) is 16.4. The normalized spacial score (nSPS) is 10.4. The maximum atomic E-state index is 13.7. The van der Waals surface area contributed by atoms with E-state index in [9.17, 15) is 18.4 Å². The molecule has 0 bridgehead atoms. The van der Waals surface area contributed by atoms with E-state index in [2.05, 4.69) is 10.6 Å². The fourth-order valence-electron chi connectivity index (χ4n) is 2.85. The van der Waals surface area contributed by atoms with Crippen LogP contribution >= 0.6 is 0 Å². The fourth-order valence-corrected chi connectivity index (χ4v) is 2.85. The number of aryl methyl sites for hydroxylation is 1. The minimum absolute atomic E-state index is 0.126. The van der Waals surface area contributed by atoms with Crippen molar-refractivity contribution in [2.24, 2.45) is 0 Å². The second-order valence-corrected chi connectivity index (χ2v) is 6.66. The van der Waals surface area contributed by atoms with Gasteiger partial charge in [-0.3, -0.25) is 4.79 Å². The molecule has 2 N–H and O–H groups in total. The van der Waals surface area contributed by atoms with Crippen LogP contribution in [-0.4, -0.2) is 25.0 Å². The summed E-state index contributed by atoms with van der Waals surface area (Å²) in [5.74, 6) is -1.80. The molecule has 154 valence electrons. The first kappa shape index (κ1) is 21.0. The van der Waals surface area contributed by atoms with Gasteiger partial charge in [0.05, 0.1) is 5.69 Å². The number of rotatable bonds is 6. The van der Waals surface area contributed by atoms with E-state index < -0.39 is 17.7 Å². The number of nitrogens with zero attached hydrogens (tertiary/aromatic N) is 1. The Labute approximate surface area is 173 Å². The number of carbonyl (C=O) groups is 2. The molecule has 30 heavy (non-hydrogen) atoms. The molecule has 0 unspecified atom stereocenters. The number of hydrogen-bond acceptors (Lipinski definition) is 2. The van der Waals surface area contributed by atoms with E-state index >= 15 is 0 Å². The first-order chi connectivity index (χ1) is 14.4. The van der Waals surface area contributed by atoms with Crippen LogP contribution in [0.2, 0.25) is 0 Å². The van der Waals surface area contributed by atoms with Crippen LogP contribution < -0.4 is 15.5 Å². The van der Waals surface area contributed by atoms with Gasteiger partial charge in [0.2, 0.25) is 0 Å². The highest BCUT2D eigenvalue weighted by Crippen LogP contribution is 2.17. The quantitative estimate of drug-likeness (QED) is 0.618. The summed E-state index contributed by atoms with van der Waals surface area (Å²) in [6.07, 6.45) is 0. The minimum atomic E-state index is -0.870. The summed E-state index contributed by atoms with van der Waals surface area (Å²) in [5, 5.41) is 4.91. The molecule has 3 aromatic carbocycles. The van der Waals surface area contributed by atoms with Crippen molar-refractivity contribution in [3.8, 4) is 0 Å². The zero-order chi connectivity index (χ0) is 21.5. The SMILES string of the molecule is Cc1ccc(C(=O)N(CCNC(=O)Nc2ccc(F)cc2F)c2ccccc2)cc1. The van der Waals surface area contributed by atoms with Gasteiger partial charge in [-0.1, -0.05) is 35.9 Å². The Bertz CT molecular complexity index is 1020. The molecule has 3 rings (SSSR count). The fraction of sp³-hybridized carbons (Fsp3) is 0.130. The average Bonchev–Trinajstić information content (AvgIpc) is 2.74. The maximum absolute atomic E-state index is 13.7. The number of anilines is 2. The van der Waals surface area contributed by atoms with Crippen LogP contribution in [0.5, 0.6) is 0 Å². The summed E-state index contributed by atoms with van der Waals surface area (Å²) in [4.78, 5) is 26.6. The Kier molecular flexibility index (Phi) is 6.75. The Morgan fingerprint density at radius 3 is 2.30 bits per heavy atom. The lowest BCUT2D eigenvalue weighted by Gasteiger charge is -2.23. The number of amides is 3. The van der Waals surface area contributed by atoms with Gasteiger partial charge in [0.1, 0.15) is 11.6 Å². The average molecular weight is 409 g/mol. The molecule has 0 aliphatic heterocycles. The summed E-state index contributed by atoms with van der Waals surface area (Å²) in [6.45, 7) is 2.27. The van der Waals surface area contributed by atoms with Crippen LogP contribution in [0, 0.1) is 18.6 Å². The molecule has 0 radical (unpaired) electrons. The number of hydrogen-bond donors (Lipinski definition) is 2. The monoisotopic (exact) mass is 409 g/mol. The third kappa shape index (κ3) is 5.41. The molecule has 3 aromatic rings. The van der Waals surface area contributed by atoms with Gasteiger partial charge in [-0.05, 0) is 43.3 Å². The molecule has 0 heterocycles. The number of halogens is 2. The first-order valence-corrected chi connectivity index (χ1v) is 9.37. The molecule has 0 saturated heterocycles. The Morgan fingerprint density at radius 1 is 0.933 bits per heavy atom. The van der Waals surface area contributed by atoms with E-state index in [1.165, 1.54) is 0 Å². The van der Waals surface area contributed by atoms with E-state index in [1.807, 2.05) is 37.3 Å². The standard InChI is InChI=1S/C23H21F2N3O2/c1-16-7-9-17(10-8-16)22(29)28(19-5-3-2-4-6-19)14-13-26-23(30)27-21-12-11-18(24)15-20(21)25/h2-12,15H,13-14H2,1H3,(H2,26,27,30). The van der Waals surface area contributed by atoms with Gasteiger partial charge in [-0.15, -0.1) is 0 Å². The van der Waals surface area contributed by atoms with Crippen molar-refractivity contribution < 1.29 is 18.4 Å². The highest BCUT2D eigenvalue weighted by Gasteiger charge is 2.18.